The van der Waals surface area contributed by atoms with Crippen LogP contribution in [-0.2, 0) is 14.0 Å². The van der Waals surface area contributed by atoms with Crippen LogP contribution in [0.5, 0.6) is 0 Å². The highest BCUT2D eigenvalue weighted by atomic mass is 28.4. The smallest absolute Gasteiger partial charge is 0.312 e. The van der Waals surface area contributed by atoms with Crippen molar-refractivity contribution in [2.45, 2.75) is 59.4 Å². The molecule has 0 aliphatic heterocycles. The van der Waals surface area contributed by atoms with Crippen LogP contribution in [0.4, 0.5) is 0 Å². The zero-order chi connectivity index (χ0) is 23.4. The van der Waals surface area contributed by atoms with Crippen LogP contribution in [0.2, 0.25) is 5.04 Å². The fourth-order valence-corrected chi connectivity index (χ4v) is 9.78. The molecule has 32 heavy (non-hydrogen) atoms. The van der Waals surface area contributed by atoms with E-state index in [1.165, 1.54) is 15.9 Å². The van der Waals surface area contributed by atoms with E-state index in [4.69, 9.17) is 9.16 Å². The van der Waals surface area contributed by atoms with E-state index in [1.807, 2.05) is 6.92 Å². The largest absolute Gasteiger partial charge is 0.466 e. The second-order valence-corrected chi connectivity index (χ2v) is 14.6. The number of carbonyl (C=O) groups excluding carboxylic acids is 1. The summed E-state index contributed by atoms with van der Waals surface area (Å²) in [4.78, 5) is 13.0. The molecule has 2 atom stereocenters. The first-order chi connectivity index (χ1) is 15.1. The predicted molar refractivity (Wildman–Crippen MR) is 135 cm³/mol. The van der Waals surface area contributed by atoms with E-state index >= 15 is 0 Å². The molecule has 1 aliphatic rings. The molecule has 0 saturated carbocycles. The van der Waals surface area contributed by atoms with Gasteiger partial charge in [0.05, 0.1) is 12.0 Å². The molecule has 1 aliphatic carbocycles. The summed E-state index contributed by atoms with van der Waals surface area (Å²) in [5, 5.41) is 2.44. The van der Waals surface area contributed by atoms with Crippen molar-refractivity contribution in [3.63, 3.8) is 0 Å². The van der Waals surface area contributed by atoms with Crippen LogP contribution in [-0.4, -0.2) is 27.5 Å². The van der Waals surface area contributed by atoms with Crippen LogP contribution in [0.15, 0.2) is 72.3 Å². The van der Waals surface area contributed by atoms with E-state index in [1.54, 1.807) is 0 Å². The van der Waals surface area contributed by atoms with Crippen LogP contribution >= 0.6 is 0 Å². The number of allylic oxidation sites excluding steroid dienone is 2. The summed E-state index contributed by atoms with van der Waals surface area (Å²) in [6.45, 7) is 13.8. The molecule has 3 nitrogen and oxygen atoms in total. The van der Waals surface area contributed by atoms with Gasteiger partial charge in [0, 0.05) is 12.5 Å². The minimum Gasteiger partial charge on any atom is -0.466 e. The van der Waals surface area contributed by atoms with Gasteiger partial charge < -0.3 is 9.16 Å². The average Bonchev–Trinajstić information content (AvgIpc) is 2.76. The monoisotopic (exact) mass is 450 g/mol. The first-order valence-electron chi connectivity index (χ1n) is 11.7. The van der Waals surface area contributed by atoms with Crippen molar-refractivity contribution < 1.29 is 14.0 Å². The maximum Gasteiger partial charge on any atom is 0.312 e. The van der Waals surface area contributed by atoms with Crippen LogP contribution in [0.1, 0.15) is 54.4 Å². The lowest BCUT2D eigenvalue weighted by molar-refractivity contribution is -0.159. The van der Waals surface area contributed by atoms with Crippen molar-refractivity contribution in [1.82, 2.24) is 0 Å². The predicted octanol–water partition coefficient (Wildman–Crippen LogP) is 5.49. The Morgan fingerprint density at radius 1 is 1.03 bits per heavy atom. The Morgan fingerprint density at radius 3 is 2.03 bits per heavy atom. The van der Waals surface area contributed by atoms with Crippen LogP contribution in [0.25, 0.3) is 0 Å². The van der Waals surface area contributed by atoms with E-state index in [0.29, 0.717) is 13.2 Å². The van der Waals surface area contributed by atoms with Gasteiger partial charge in [-0.25, -0.2) is 0 Å². The quantitative estimate of drug-likeness (QED) is 0.318. The highest BCUT2D eigenvalue weighted by Crippen LogP contribution is 2.44. The molecule has 0 heterocycles. The summed E-state index contributed by atoms with van der Waals surface area (Å²) in [6, 6.07) is 21.4. The molecule has 0 N–H and O–H groups in total. The average molecular weight is 451 g/mol. The van der Waals surface area contributed by atoms with Crippen molar-refractivity contribution in [1.29, 1.82) is 0 Å². The Hall–Kier alpha value is -2.17. The molecule has 3 rings (SSSR count). The summed E-state index contributed by atoms with van der Waals surface area (Å²) in [5.41, 5.74) is 0.683. The van der Waals surface area contributed by atoms with Gasteiger partial charge in [-0.15, -0.1) is 0 Å². The number of hydrogen-bond donors (Lipinski definition) is 0. The lowest BCUT2D eigenvalue weighted by Gasteiger charge is -2.46. The third kappa shape index (κ3) is 4.62. The molecule has 0 aromatic heterocycles. The van der Waals surface area contributed by atoms with E-state index in [2.05, 4.69) is 101 Å². The summed E-state index contributed by atoms with van der Waals surface area (Å²) in [7, 11) is -2.64. The Bertz CT molecular complexity index is 891. The van der Waals surface area contributed by atoms with Gasteiger partial charge in [-0.3, -0.25) is 4.79 Å². The first kappa shape index (κ1) is 24.5. The first-order valence-corrected chi connectivity index (χ1v) is 13.6. The maximum atomic E-state index is 13.0. The topological polar surface area (TPSA) is 35.5 Å². The Kier molecular flexibility index (Phi) is 7.46. The molecular weight excluding hydrogens is 412 g/mol. The Morgan fingerprint density at radius 2 is 1.56 bits per heavy atom. The molecule has 0 amide bonds. The van der Waals surface area contributed by atoms with Gasteiger partial charge in [0.25, 0.3) is 8.32 Å². The van der Waals surface area contributed by atoms with E-state index in [0.717, 1.165) is 12.8 Å². The molecule has 0 saturated heterocycles. The lowest BCUT2D eigenvalue weighted by atomic mass is 9.68. The minimum absolute atomic E-state index is 0.0758. The SMILES string of the molecule is CCOC(=O)[C@]1(C)CC(C)=CC[C@@H]1CO[Si](c1ccccc1)(c1ccccc1)C(C)(C)C. The van der Waals surface area contributed by atoms with Gasteiger partial charge >= 0.3 is 5.97 Å². The van der Waals surface area contributed by atoms with Crippen molar-refractivity contribution in [3.05, 3.63) is 72.3 Å². The van der Waals surface area contributed by atoms with E-state index in [9.17, 15) is 4.79 Å². The molecule has 0 spiro atoms. The second-order valence-electron chi connectivity index (χ2n) is 10.3. The third-order valence-electron chi connectivity index (χ3n) is 6.96. The van der Waals surface area contributed by atoms with Gasteiger partial charge in [0.15, 0.2) is 0 Å². The van der Waals surface area contributed by atoms with Gasteiger partial charge in [0.2, 0.25) is 0 Å². The number of hydrogen-bond acceptors (Lipinski definition) is 3. The molecule has 172 valence electrons. The van der Waals surface area contributed by atoms with Crippen LogP contribution in [0, 0.1) is 11.3 Å². The van der Waals surface area contributed by atoms with Crippen molar-refractivity contribution in [3.8, 4) is 0 Å². The molecule has 0 radical (unpaired) electrons. The Balaban J connectivity index is 2.05. The normalized spacial score (nSPS) is 21.7. The second kappa shape index (κ2) is 9.76. The fraction of sp³-hybridized carbons (Fsp3) is 0.464. The highest BCUT2D eigenvalue weighted by molar-refractivity contribution is 6.99. The molecule has 0 unspecified atom stereocenters. The van der Waals surface area contributed by atoms with Gasteiger partial charge in [-0.1, -0.05) is 93.1 Å². The zero-order valence-electron chi connectivity index (χ0n) is 20.5. The van der Waals surface area contributed by atoms with E-state index in [-0.39, 0.29) is 16.9 Å². The molecule has 0 bridgehead atoms. The number of esters is 1. The summed E-state index contributed by atoms with van der Waals surface area (Å²) >= 11 is 0. The molecule has 2 aromatic carbocycles. The summed E-state index contributed by atoms with van der Waals surface area (Å²) in [6.07, 6.45) is 3.82. The van der Waals surface area contributed by atoms with Crippen LogP contribution < -0.4 is 10.4 Å². The fourth-order valence-electron chi connectivity index (χ4n) is 5.17. The van der Waals surface area contributed by atoms with E-state index < -0.39 is 13.7 Å². The number of carbonyl (C=O) groups is 1. The van der Waals surface area contributed by atoms with Crippen molar-refractivity contribution in [2.24, 2.45) is 11.3 Å². The zero-order valence-corrected chi connectivity index (χ0v) is 21.5. The van der Waals surface area contributed by atoms with Gasteiger partial charge in [-0.2, -0.15) is 0 Å². The molecule has 2 aromatic rings. The number of benzene rings is 2. The van der Waals surface area contributed by atoms with Crippen LogP contribution in [0.3, 0.4) is 0 Å². The number of ether oxygens (including phenoxy) is 1. The van der Waals surface area contributed by atoms with Crippen molar-refractivity contribution >= 4 is 24.7 Å². The highest BCUT2D eigenvalue weighted by Gasteiger charge is 2.52. The molecule has 4 heteroatoms. The number of rotatable bonds is 7. The minimum atomic E-state index is -2.64. The molecular formula is C28H38O3Si. The lowest BCUT2D eigenvalue weighted by Crippen LogP contribution is -2.67. The molecule has 0 fully saturated rings. The van der Waals surface area contributed by atoms with Gasteiger partial charge in [-0.05, 0) is 49.0 Å². The summed E-state index contributed by atoms with van der Waals surface area (Å²) in [5.74, 6) is -0.0320. The van der Waals surface area contributed by atoms with Crippen molar-refractivity contribution in [2.75, 3.05) is 13.2 Å². The summed E-state index contributed by atoms with van der Waals surface area (Å²) < 4.78 is 12.7. The maximum absolute atomic E-state index is 13.0. The van der Waals surface area contributed by atoms with Gasteiger partial charge in [0.1, 0.15) is 0 Å². The standard InChI is InChI=1S/C28H38O3Si/c1-7-30-26(29)28(6)20-22(2)18-19-23(28)21-31-32(27(3,4)5,24-14-10-8-11-15-24)25-16-12-9-13-17-25/h8-18,23H,7,19-21H2,1-6H3/t23-,28-/m1/s1. The third-order valence-corrected chi connectivity index (χ3v) is 12.0. The Labute approximate surface area is 195 Å².